The van der Waals surface area contributed by atoms with Gasteiger partial charge < -0.3 is 10.4 Å². The molecule has 0 aliphatic rings. The van der Waals surface area contributed by atoms with Crippen molar-refractivity contribution in [2.45, 2.75) is 38.9 Å². The van der Waals surface area contributed by atoms with Gasteiger partial charge in [0.1, 0.15) is 0 Å². The van der Waals surface area contributed by atoms with E-state index >= 15 is 0 Å². The zero-order chi connectivity index (χ0) is 12.8. The lowest BCUT2D eigenvalue weighted by atomic mass is 10.1. The highest BCUT2D eigenvalue weighted by Gasteiger charge is 2.27. The summed E-state index contributed by atoms with van der Waals surface area (Å²) in [5.41, 5.74) is 0. The molecule has 0 rings (SSSR count). The first-order chi connectivity index (χ1) is 7.20. The van der Waals surface area contributed by atoms with Gasteiger partial charge in [-0.1, -0.05) is 6.92 Å². The van der Waals surface area contributed by atoms with Crippen molar-refractivity contribution in [3.05, 3.63) is 0 Å². The van der Waals surface area contributed by atoms with E-state index in [1.165, 1.54) is 0 Å². The summed E-state index contributed by atoms with van der Waals surface area (Å²) in [5.74, 6) is 0.546. The molecule has 0 bridgehead atoms. The minimum absolute atomic E-state index is 0.169. The van der Waals surface area contributed by atoms with Crippen LogP contribution in [0, 0.1) is 5.92 Å². The average Bonchev–Trinajstić information content (AvgIpc) is 2.11. The molecular formula is C11H25NO3S. The summed E-state index contributed by atoms with van der Waals surface area (Å²) in [6.45, 7) is 8.60. The third kappa shape index (κ3) is 5.82. The molecule has 0 saturated heterocycles. The Bertz CT molecular complexity index is 280. The van der Waals surface area contributed by atoms with Gasteiger partial charge in [-0.25, -0.2) is 8.42 Å². The highest BCUT2D eigenvalue weighted by atomic mass is 32.2. The van der Waals surface area contributed by atoms with E-state index in [0.29, 0.717) is 12.5 Å². The van der Waals surface area contributed by atoms with E-state index in [2.05, 4.69) is 5.32 Å². The molecule has 0 saturated carbocycles. The summed E-state index contributed by atoms with van der Waals surface area (Å²) in [4.78, 5) is 0. The van der Waals surface area contributed by atoms with E-state index < -0.39 is 14.6 Å². The predicted octanol–water partition coefficient (Wildman–Crippen LogP) is 0.808. The van der Waals surface area contributed by atoms with E-state index in [1.54, 1.807) is 20.8 Å². The minimum atomic E-state index is -3.02. The summed E-state index contributed by atoms with van der Waals surface area (Å²) in [6.07, 6.45) is 0.749. The zero-order valence-corrected chi connectivity index (χ0v) is 11.6. The van der Waals surface area contributed by atoms with Crippen molar-refractivity contribution in [2.75, 3.05) is 25.4 Å². The molecule has 0 aromatic carbocycles. The van der Waals surface area contributed by atoms with Crippen LogP contribution in [0.15, 0.2) is 0 Å². The zero-order valence-electron chi connectivity index (χ0n) is 10.8. The third-order valence-electron chi connectivity index (χ3n) is 2.60. The molecule has 0 aromatic heterocycles. The molecule has 98 valence electrons. The van der Waals surface area contributed by atoms with Crippen LogP contribution in [0.3, 0.4) is 0 Å². The topological polar surface area (TPSA) is 66.4 Å². The van der Waals surface area contributed by atoms with Crippen LogP contribution < -0.4 is 5.32 Å². The molecule has 4 nitrogen and oxygen atoms in total. The lowest BCUT2D eigenvalue weighted by molar-refractivity contribution is 0.260. The molecule has 5 heteroatoms. The predicted molar refractivity (Wildman–Crippen MR) is 67.3 cm³/mol. The second kappa shape index (κ2) is 6.57. The van der Waals surface area contributed by atoms with Gasteiger partial charge in [-0.2, -0.15) is 0 Å². The van der Waals surface area contributed by atoms with E-state index in [9.17, 15) is 8.42 Å². The van der Waals surface area contributed by atoms with Crippen molar-refractivity contribution < 1.29 is 13.5 Å². The maximum Gasteiger partial charge on any atom is 0.156 e. The van der Waals surface area contributed by atoms with Gasteiger partial charge in [-0.3, -0.25) is 0 Å². The summed E-state index contributed by atoms with van der Waals surface area (Å²) in [7, 11) is -3.02. The summed E-state index contributed by atoms with van der Waals surface area (Å²) in [6, 6.07) is 0. The first-order valence-corrected chi connectivity index (χ1v) is 7.40. The molecule has 16 heavy (non-hydrogen) atoms. The molecule has 1 atom stereocenters. The molecule has 0 fully saturated rings. The third-order valence-corrected chi connectivity index (χ3v) is 5.20. The molecule has 0 heterocycles. The fourth-order valence-electron chi connectivity index (χ4n) is 1.18. The number of sulfone groups is 1. The lowest BCUT2D eigenvalue weighted by Crippen LogP contribution is -2.35. The monoisotopic (exact) mass is 251 g/mol. The van der Waals surface area contributed by atoms with Crippen molar-refractivity contribution >= 4 is 9.84 Å². The Labute approximate surface area is 99.4 Å². The molecule has 0 aliphatic carbocycles. The largest absolute Gasteiger partial charge is 0.396 e. The SMILES string of the molecule is CC(CCO)CNCCS(=O)(=O)C(C)(C)C. The Morgan fingerprint density at radius 2 is 1.88 bits per heavy atom. The Balaban J connectivity index is 3.84. The Morgan fingerprint density at radius 1 is 1.31 bits per heavy atom. The van der Waals surface area contributed by atoms with Crippen molar-refractivity contribution in [3.63, 3.8) is 0 Å². The fraction of sp³-hybridized carbons (Fsp3) is 1.00. The highest BCUT2D eigenvalue weighted by Crippen LogP contribution is 2.15. The van der Waals surface area contributed by atoms with Crippen LogP contribution in [-0.4, -0.2) is 43.7 Å². The maximum atomic E-state index is 11.7. The number of rotatable bonds is 7. The molecule has 0 spiro atoms. The number of nitrogens with one attached hydrogen (secondary N) is 1. The van der Waals surface area contributed by atoms with Gasteiger partial charge in [-0.05, 0) is 39.7 Å². The lowest BCUT2D eigenvalue weighted by Gasteiger charge is -2.19. The van der Waals surface area contributed by atoms with Crippen LogP contribution in [-0.2, 0) is 9.84 Å². The van der Waals surface area contributed by atoms with Gasteiger partial charge in [0.05, 0.1) is 10.5 Å². The number of aliphatic hydroxyl groups is 1. The van der Waals surface area contributed by atoms with Crippen LogP contribution in [0.5, 0.6) is 0 Å². The second-order valence-electron chi connectivity index (χ2n) is 5.25. The standard InChI is InChI=1S/C11H25NO3S/c1-10(5-7-13)9-12-6-8-16(14,15)11(2,3)4/h10,12-13H,5-9H2,1-4H3. The van der Waals surface area contributed by atoms with Gasteiger partial charge in [0, 0.05) is 13.2 Å². The van der Waals surface area contributed by atoms with Gasteiger partial charge >= 0.3 is 0 Å². The highest BCUT2D eigenvalue weighted by molar-refractivity contribution is 7.92. The van der Waals surface area contributed by atoms with Crippen molar-refractivity contribution in [3.8, 4) is 0 Å². The average molecular weight is 251 g/mol. The molecule has 2 N–H and O–H groups in total. The van der Waals surface area contributed by atoms with Gasteiger partial charge in [0.15, 0.2) is 9.84 Å². The number of hydrogen-bond donors (Lipinski definition) is 2. The minimum Gasteiger partial charge on any atom is -0.396 e. The number of hydrogen-bond acceptors (Lipinski definition) is 4. The van der Waals surface area contributed by atoms with Crippen LogP contribution in [0.4, 0.5) is 0 Å². The van der Waals surface area contributed by atoms with Crippen LogP contribution in [0.25, 0.3) is 0 Å². The first kappa shape index (κ1) is 15.9. The van der Waals surface area contributed by atoms with Crippen LogP contribution in [0.2, 0.25) is 0 Å². The van der Waals surface area contributed by atoms with Gasteiger partial charge in [-0.15, -0.1) is 0 Å². The molecule has 0 radical (unpaired) electrons. The number of aliphatic hydroxyl groups excluding tert-OH is 1. The smallest absolute Gasteiger partial charge is 0.156 e. The van der Waals surface area contributed by atoms with Crippen LogP contribution in [0.1, 0.15) is 34.1 Å². The first-order valence-electron chi connectivity index (χ1n) is 5.74. The molecular weight excluding hydrogens is 226 g/mol. The van der Waals surface area contributed by atoms with Crippen LogP contribution >= 0.6 is 0 Å². The molecule has 0 aromatic rings. The van der Waals surface area contributed by atoms with Crippen molar-refractivity contribution in [2.24, 2.45) is 5.92 Å². The Hall–Kier alpha value is -0.130. The van der Waals surface area contributed by atoms with E-state index in [-0.39, 0.29) is 12.4 Å². The van der Waals surface area contributed by atoms with E-state index in [4.69, 9.17) is 5.11 Å². The second-order valence-corrected chi connectivity index (χ2v) is 8.12. The van der Waals surface area contributed by atoms with Gasteiger partial charge in [0.25, 0.3) is 0 Å². The Kier molecular flexibility index (Phi) is 6.51. The molecule has 0 aliphatic heterocycles. The molecule has 1 unspecified atom stereocenters. The maximum absolute atomic E-state index is 11.7. The van der Waals surface area contributed by atoms with E-state index in [1.807, 2.05) is 6.92 Å². The molecule has 0 amide bonds. The summed E-state index contributed by atoms with van der Waals surface area (Å²) in [5, 5.41) is 11.8. The van der Waals surface area contributed by atoms with Crippen molar-refractivity contribution in [1.29, 1.82) is 0 Å². The normalized spacial score (nSPS) is 15.1. The Morgan fingerprint density at radius 3 is 2.31 bits per heavy atom. The summed E-state index contributed by atoms with van der Waals surface area (Å²) >= 11 is 0. The van der Waals surface area contributed by atoms with Gasteiger partial charge in [0.2, 0.25) is 0 Å². The summed E-state index contributed by atoms with van der Waals surface area (Å²) < 4.78 is 22.8. The fourth-order valence-corrected chi connectivity index (χ4v) is 2.21. The van der Waals surface area contributed by atoms with E-state index in [0.717, 1.165) is 13.0 Å². The van der Waals surface area contributed by atoms with Crippen molar-refractivity contribution in [1.82, 2.24) is 5.32 Å². The quantitative estimate of drug-likeness (QED) is 0.657.